The van der Waals surface area contributed by atoms with Crippen molar-refractivity contribution >= 4 is 0 Å². The van der Waals surface area contributed by atoms with E-state index in [4.69, 9.17) is 5.11 Å². The van der Waals surface area contributed by atoms with Gasteiger partial charge in [0.15, 0.2) is 0 Å². The van der Waals surface area contributed by atoms with E-state index < -0.39 is 0 Å². The minimum absolute atomic E-state index is 0. The molecule has 9 heavy (non-hydrogen) atoms. The maximum Gasteiger partial charge on any atom is 0 e. The molecule has 0 aromatic heterocycles. The molecular formula is C6H15AcOU-. The zero-order valence-electron chi connectivity index (χ0n) is 5.39. The van der Waals surface area contributed by atoms with Gasteiger partial charge in [-0.15, -0.1) is 5.92 Å². The van der Waals surface area contributed by atoms with Crippen LogP contribution in [0.25, 0.3) is 0 Å². The summed E-state index contributed by atoms with van der Waals surface area (Å²) in [5, 5.41) is 8.21. The fraction of sp³-hybridized carbons (Fsp3) is 0.833. The molecule has 0 spiro atoms. The molecule has 53 valence electrons. The minimum atomic E-state index is 0. The van der Waals surface area contributed by atoms with Crippen LogP contribution in [-0.2, 0) is 0 Å². The monoisotopic (exact) mass is 568 g/mol. The van der Waals surface area contributed by atoms with Gasteiger partial charge in [-0.05, 0) is 0 Å². The molecule has 1 nitrogen and oxygen atoms in total. The summed E-state index contributed by atoms with van der Waals surface area (Å²) in [7, 11) is 0. The van der Waals surface area contributed by atoms with Gasteiger partial charge >= 0.3 is 0 Å². The SMILES string of the molecule is C.CCC(C)[CH-]O.[Ac].[U]. The first-order chi connectivity index (χ1) is 2.81. The van der Waals surface area contributed by atoms with Gasteiger partial charge in [-0.1, -0.05) is 27.7 Å². The molecule has 0 rings (SSSR count). The third-order valence-electron chi connectivity index (χ3n) is 0.898. The summed E-state index contributed by atoms with van der Waals surface area (Å²) in [4.78, 5) is 0. The van der Waals surface area contributed by atoms with E-state index in [1.54, 1.807) is 0 Å². The smallest absolute Gasteiger partial charge is 0 e. The summed E-state index contributed by atoms with van der Waals surface area (Å²) >= 11 is 0. The van der Waals surface area contributed by atoms with Crippen LogP contribution < -0.4 is 0 Å². The van der Waals surface area contributed by atoms with Gasteiger partial charge in [-0.3, -0.25) is 0 Å². The fourth-order valence-electron chi connectivity index (χ4n) is 0.105. The Hall–Kier alpha value is 2.45. The Bertz CT molecular complexity index is 32.2. The molecular weight excluding hydrogens is 553 g/mol. The van der Waals surface area contributed by atoms with Crippen LogP contribution in [0, 0.1) is 87.7 Å². The van der Waals surface area contributed by atoms with Gasteiger partial charge in [0.05, 0.1) is 0 Å². The Balaban J connectivity index is -0.0000000417. The molecule has 0 aromatic rings. The molecule has 1 unspecified atom stereocenters. The molecule has 0 saturated carbocycles. The molecule has 0 aliphatic rings. The zero-order valence-corrected chi connectivity index (χ0v) is 14.3. The van der Waals surface area contributed by atoms with Crippen molar-refractivity contribution in [2.75, 3.05) is 0 Å². The van der Waals surface area contributed by atoms with Gasteiger partial charge in [0.1, 0.15) is 0 Å². The molecule has 0 bridgehead atoms. The van der Waals surface area contributed by atoms with Gasteiger partial charge in [0.25, 0.3) is 0 Å². The van der Waals surface area contributed by atoms with E-state index in [0.29, 0.717) is 5.92 Å². The van der Waals surface area contributed by atoms with Crippen molar-refractivity contribution in [2.24, 2.45) is 5.92 Å². The van der Waals surface area contributed by atoms with Gasteiger partial charge < -0.3 is 5.11 Å². The minimum Gasteiger partial charge on any atom is -0.566 e. The molecule has 1 atom stereocenters. The van der Waals surface area contributed by atoms with Gasteiger partial charge in [0, 0.05) is 75.2 Å². The Labute approximate surface area is 118 Å². The van der Waals surface area contributed by atoms with Crippen LogP contribution in [0.5, 0.6) is 0 Å². The second kappa shape index (κ2) is 16.8. The Morgan fingerprint density at radius 2 is 1.89 bits per heavy atom. The summed E-state index contributed by atoms with van der Waals surface area (Å²) in [6.07, 6.45) is 1.02. The largest absolute Gasteiger partial charge is 0.566 e. The van der Waals surface area contributed by atoms with Crippen LogP contribution >= 0.6 is 0 Å². The molecule has 0 amide bonds. The molecule has 0 saturated heterocycles. The fourth-order valence-corrected chi connectivity index (χ4v) is 0.105. The van der Waals surface area contributed by atoms with E-state index in [1.807, 2.05) is 13.8 Å². The second-order valence-corrected chi connectivity index (χ2v) is 1.53. The average Bonchev–Trinajstić information content (AvgIpc) is 1.65. The van der Waals surface area contributed by atoms with Crippen molar-refractivity contribution < 1.29 is 80.3 Å². The molecule has 0 aliphatic heterocycles. The molecule has 0 heterocycles. The van der Waals surface area contributed by atoms with E-state index in [9.17, 15) is 0 Å². The van der Waals surface area contributed by atoms with Crippen LogP contribution in [0.1, 0.15) is 27.7 Å². The standard InChI is InChI=1S/C5H11O.CH4.Ac.U/c1-3-5(2)4-6;;;/h4-6H,3H2,1-2H3;1H4;;/q-1;;;. The summed E-state index contributed by atoms with van der Waals surface area (Å²) < 4.78 is 0. The van der Waals surface area contributed by atoms with E-state index in [2.05, 4.69) is 0 Å². The molecule has 3 heteroatoms. The van der Waals surface area contributed by atoms with Crippen molar-refractivity contribution in [1.82, 2.24) is 0 Å². The third kappa shape index (κ3) is 17.9. The van der Waals surface area contributed by atoms with E-state index in [1.165, 1.54) is 6.61 Å². The van der Waals surface area contributed by atoms with Gasteiger partial charge in [0.2, 0.25) is 0 Å². The van der Waals surface area contributed by atoms with Gasteiger partial charge in [-0.25, -0.2) is 6.61 Å². The van der Waals surface area contributed by atoms with E-state index in [0.717, 1.165) is 6.42 Å². The average molecular weight is 568 g/mol. The first kappa shape index (κ1) is 22.5. The first-order valence-electron chi connectivity index (χ1n) is 2.28. The molecule has 1 radical (unpaired) electrons. The normalized spacial score (nSPS) is 9.67. The maximum atomic E-state index is 8.21. The third-order valence-corrected chi connectivity index (χ3v) is 0.898. The van der Waals surface area contributed by atoms with Crippen molar-refractivity contribution in [3.05, 3.63) is 6.61 Å². The number of hydrogen-bond acceptors (Lipinski definition) is 1. The summed E-state index contributed by atoms with van der Waals surface area (Å²) in [6.45, 7) is 5.23. The van der Waals surface area contributed by atoms with Crippen molar-refractivity contribution in [3.63, 3.8) is 0 Å². The predicted molar refractivity (Wildman–Crippen MR) is 32.4 cm³/mol. The number of aliphatic hydroxyl groups is 1. The predicted octanol–water partition coefficient (Wildman–Crippen LogP) is 2.20. The zero-order chi connectivity index (χ0) is 4.99. The van der Waals surface area contributed by atoms with Crippen LogP contribution in [0.2, 0.25) is 0 Å². The van der Waals surface area contributed by atoms with Crippen LogP contribution in [0.3, 0.4) is 0 Å². The Morgan fingerprint density at radius 1 is 1.56 bits per heavy atom. The summed E-state index contributed by atoms with van der Waals surface area (Å²) in [6, 6.07) is 0. The van der Waals surface area contributed by atoms with Crippen LogP contribution in [-0.4, -0.2) is 5.11 Å². The first-order valence-corrected chi connectivity index (χ1v) is 2.28. The van der Waals surface area contributed by atoms with Crippen molar-refractivity contribution in [2.45, 2.75) is 27.7 Å². The molecule has 1 N–H and O–H groups in total. The molecule has 0 fully saturated rings. The molecule has 0 aliphatic carbocycles. The quantitative estimate of drug-likeness (QED) is 0.507. The second-order valence-electron chi connectivity index (χ2n) is 1.53. The Morgan fingerprint density at radius 3 is 1.89 bits per heavy atom. The van der Waals surface area contributed by atoms with E-state index >= 15 is 0 Å². The maximum absolute atomic E-state index is 8.21. The number of hydrogen-bond donors (Lipinski definition) is 1. The summed E-state index contributed by atoms with van der Waals surface area (Å²) in [5.74, 6) is 0.366. The van der Waals surface area contributed by atoms with Crippen LogP contribution in [0.15, 0.2) is 0 Å². The van der Waals surface area contributed by atoms with Crippen LogP contribution in [0.4, 0.5) is 0 Å². The number of aliphatic hydroxyl groups excluding tert-OH is 1. The molecule has 0 aromatic carbocycles. The van der Waals surface area contributed by atoms with Crippen molar-refractivity contribution in [3.8, 4) is 0 Å². The van der Waals surface area contributed by atoms with Crippen molar-refractivity contribution in [1.29, 1.82) is 0 Å². The number of rotatable bonds is 2. The topological polar surface area (TPSA) is 20.2 Å². The van der Waals surface area contributed by atoms with Gasteiger partial charge in [-0.2, -0.15) is 0 Å². The Kier molecular flexibility index (Phi) is 42.1. The summed E-state index contributed by atoms with van der Waals surface area (Å²) in [5.41, 5.74) is 0. The van der Waals surface area contributed by atoms with E-state index in [-0.39, 0.29) is 82.6 Å².